The monoisotopic (exact) mass is 609 g/mol. The van der Waals surface area contributed by atoms with Gasteiger partial charge < -0.3 is 33.7 Å². The summed E-state index contributed by atoms with van der Waals surface area (Å²) in [4.78, 5) is 56.6. The van der Waals surface area contributed by atoms with Crippen LogP contribution >= 0.6 is 7.82 Å². The summed E-state index contributed by atoms with van der Waals surface area (Å²) in [5.41, 5.74) is 0. The number of hydrogen-bond donors (Lipinski definition) is 1. The molecule has 1 amide bonds. The van der Waals surface area contributed by atoms with E-state index in [2.05, 4.69) is 16.8 Å². The molecule has 0 aromatic heterocycles. The number of ether oxygens (including phenoxy) is 2. The van der Waals surface area contributed by atoms with Crippen molar-refractivity contribution < 1.29 is 102 Å². The summed E-state index contributed by atoms with van der Waals surface area (Å²) in [6, 6.07) is 0. The number of nitrogens with one attached hydrogen (secondary N) is 1. The van der Waals surface area contributed by atoms with Crippen LogP contribution in [-0.2, 0) is 32.9 Å². The molecule has 1 N–H and O–H groups in total. The number of carbonyl (C=O) groups excluding carboxylic acids is 3. The first-order valence-corrected chi connectivity index (χ1v) is 15.9. The van der Waals surface area contributed by atoms with Crippen LogP contribution < -0.4 is 74.2 Å². The van der Waals surface area contributed by atoms with E-state index in [1.54, 1.807) is 0 Å². The zero-order chi connectivity index (χ0) is 28.5. The molecule has 0 radical (unpaired) electrons. The maximum absolute atomic E-state index is 12.2. The van der Waals surface area contributed by atoms with Crippen LogP contribution in [0, 0.1) is 0 Å². The number of phosphoric acid groups is 1. The van der Waals surface area contributed by atoms with Crippen molar-refractivity contribution in [3.05, 3.63) is 0 Å². The second kappa shape index (κ2) is 31.0. The van der Waals surface area contributed by atoms with E-state index < -0.39 is 32.5 Å². The van der Waals surface area contributed by atoms with Gasteiger partial charge in [-0.15, -0.1) is 0 Å². The first kappa shape index (κ1) is 45.0. The van der Waals surface area contributed by atoms with E-state index >= 15 is 0 Å². The van der Waals surface area contributed by atoms with Gasteiger partial charge >= 0.3 is 71.1 Å². The van der Waals surface area contributed by atoms with E-state index in [1.807, 2.05) is 0 Å². The van der Waals surface area contributed by atoms with E-state index in [-0.39, 0.29) is 84.5 Å². The Labute approximate surface area is 286 Å². The molecule has 0 heterocycles. The van der Waals surface area contributed by atoms with E-state index in [0.717, 1.165) is 57.8 Å². The van der Waals surface area contributed by atoms with E-state index in [1.165, 1.54) is 39.0 Å². The molecule has 0 aliphatic rings. The molecule has 0 aliphatic carbocycles. The molecule has 0 aromatic rings. The van der Waals surface area contributed by atoms with Gasteiger partial charge in [-0.1, -0.05) is 90.4 Å². The van der Waals surface area contributed by atoms with Crippen LogP contribution in [0.15, 0.2) is 0 Å². The van der Waals surface area contributed by atoms with Crippen molar-refractivity contribution in [2.45, 2.75) is 136 Å². The topological polar surface area (TPSA) is 154 Å². The largest absolute Gasteiger partial charge is 1.00 e. The first-order chi connectivity index (χ1) is 18.1. The molecule has 0 bridgehead atoms. The Morgan fingerprint density at radius 1 is 0.700 bits per heavy atom. The molecule has 13 heteroatoms. The van der Waals surface area contributed by atoms with Gasteiger partial charge in [-0.05, 0) is 19.3 Å². The second-order valence-corrected chi connectivity index (χ2v) is 11.0. The smallest absolute Gasteiger partial charge is 0.790 e. The number of unbranched alkanes of at least 4 members (excludes halogenated alkanes) is 14. The number of phosphoric ester groups is 1. The summed E-state index contributed by atoms with van der Waals surface area (Å²) < 4.78 is 25.4. The zero-order valence-corrected chi connectivity index (χ0v) is 30.4. The molecule has 0 aromatic carbocycles. The quantitative estimate of drug-likeness (QED) is 0.0533. The summed E-state index contributed by atoms with van der Waals surface area (Å²) >= 11 is 0. The third kappa shape index (κ3) is 34.7. The van der Waals surface area contributed by atoms with E-state index in [4.69, 9.17) is 9.47 Å². The van der Waals surface area contributed by atoms with E-state index in [0.29, 0.717) is 19.4 Å². The van der Waals surface area contributed by atoms with Gasteiger partial charge in [-0.3, -0.25) is 14.4 Å². The van der Waals surface area contributed by atoms with E-state index in [9.17, 15) is 28.7 Å². The maximum Gasteiger partial charge on any atom is 1.00 e. The predicted octanol–water partition coefficient (Wildman–Crippen LogP) is -1.53. The van der Waals surface area contributed by atoms with Crippen molar-refractivity contribution in [2.24, 2.45) is 0 Å². The summed E-state index contributed by atoms with van der Waals surface area (Å²) in [7, 11) is -5.25. The minimum Gasteiger partial charge on any atom is -0.790 e. The maximum atomic E-state index is 12.2. The minimum absolute atomic E-state index is 0. The Morgan fingerprint density at radius 2 is 1.15 bits per heavy atom. The fourth-order valence-electron chi connectivity index (χ4n) is 3.92. The van der Waals surface area contributed by atoms with Gasteiger partial charge in [0.05, 0.1) is 14.4 Å². The number of amides is 1. The van der Waals surface area contributed by atoms with Crippen molar-refractivity contribution >= 4 is 25.7 Å². The molecule has 0 rings (SSSR count). The van der Waals surface area contributed by atoms with Crippen molar-refractivity contribution in [1.29, 1.82) is 0 Å². The molecule has 224 valence electrons. The Kier molecular flexibility index (Phi) is 34.8. The Bertz CT molecular complexity index is 680. The van der Waals surface area contributed by atoms with Crippen LogP contribution in [0.5, 0.6) is 0 Å². The van der Waals surface area contributed by atoms with Gasteiger partial charge in [0.25, 0.3) is 0 Å². The summed E-state index contributed by atoms with van der Waals surface area (Å²) in [5, 5.41) is 2.77. The fraction of sp³-hybridized carbons (Fsp3) is 0.889. The molecule has 0 saturated heterocycles. The van der Waals surface area contributed by atoms with Crippen molar-refractivity contribution in [2.75, 3.05) is 19.8 Å². The normalized spacial score (nSPS) is 11.6. The number of carbonyl (C=O) groups is 3. The zero-order valence-electron chi connectivity index (χ0n) is 25.5. The number of hydrogen-bond acceptors (Lipinski definition) is 9. The van der Waals surface area contributed by atoms with Crippen molar-refractivity contribution in [3.63, 3.8) is 0 Å². The molecule has 40 heavy (non-hydrogen) atoms. The van der Waals surface area contributed by atoms with Gasteiger partial charge in [-0.25, -0.2) is 0 Å². The van der Waals surface area contributed by atoms with Crippen LogP contribution in [0.1, 0.15) is 129 Å². The van der Waals surface area contributed by atoms with Gasteiger partial charge in [0.2, 0.25) is 5.91 Å². The van der Waals surface area contributed by atoms with Gasteiger partial charge in [0, 0.05) is 26.3 Å². The third-order valence-corrected chi connectivity index (χ3v) is 6.53. The molecule has 1 atom stereocenters. The Morgan fingerprint density at radius 3 is 1.62 bits per heavy atom. The number of esters is 2. The Balaban J connectivity index is -0.00000684. The molecule has 0 fully saturated rings. The van der Waals surface area contributed by atoms with Gasteiger partial charge in [0.15, 0.2) is 6.10 Å². The summed E-state index contributed by atoms with van der Waals surface area (Å²) in [5.74, 6) is -1.03. The van der Waals surface area contributed by atoms with Crippen molar-refractivity contribution in [3.8, 4) is 0 Å². The molecule has 0 saturated carbocycles. The molecule has 0 spiro atoms. The SMILES string of the molecule is CCCCCCCCCCCC(=O)O[C@H](COC(=O)CCCCCCCCCNC(C)=O)COP(=O)([O-])[O-].[Na+].[Na+]. The van der Waals surface area contributed by atoms with Crippen LogP contribution in [0.2, 0.25) is 0 Å². The molecular formula is C27H50NNa2O9P. The summed E-state index contributed by atoms with van der Waals surface area (Å²) in [6.45, 7) is 3.34. The van der Waals surface area contributed by atoms with Crippen LogP contribution in [0.3, 0.4) is 0 Å². The van der Waals surface area contributed by atoms with Gasteiger partial charge in [-0.2, -0.15) is 0 Å². The average Bonchev–Trinajstić information content (AvgIpc) is 2.85. The second-order valence-electron chi connectivity index (χ2n) is 9.82. The molecular weight excluding hydrogens is 559 g/mol. The van der Waals surface area contributed by atoms with Crippen molar-refractivity contribution in [1.82, 2.24) is 5.32 Å². The third-order valence-electron chi connectivity index (χ3n) is 6.06. The molecule has 0 unspecified atom stereocenters. The molecule has 0 aliphatic heterocycles. The minimum atomic E-state index is -5.25. The van der Waals surface area contributed by atoms with Crippen LogP contribution in [0.25, 0.3) is 0 Å². The fourth-order valence-corrected chi connectivity index (χ4v) is 4.26. The average molecular weight is 610 g/mol. The van der Waals surface area contributed by atoms with Crippen LogP contribution in [-0.4, -0.2) is 43.7 Å². The Hall–Kier alpha value is 0.520. The van der Waals surface area contributed by atoms with Crippen LogP contribution in [0.4, 0.5) is 0 Å². The molecule has 10 nitrogen and oxygen atoms in total. The predicted molar refractivity (Wildman–Crippen MR) is 142 cm³/mol. The first-order valence-electron chi connectivity index (χ1n) is 14.4. The summed E-state index contributed by atoms with van der Waals surface area (Å²) in [6.07, 6.45) is 15.7. The van der Waals surface area contributed by atoms with Gasteiger partial charge in [0.1, 0.15) is 6.61 Å². The standard InChI is InChI=1S/C27H52NO9P.2Na/c1-3-4-5-6-7-8-10-14-17-20-27(31)37-25(23-36-38(32,33)34)22-35-26(30)19-16-13-11-9-12-15-18-21-28-24(2)29;;/h25H,3-23H2,1-2H3,(H,28,29)(H2,32,33,34);;/q;2*+1/p-2/t25-;;/m1../s1. The number of rotatable bonds is 26.